The van der Waals surface area contributed by atoms with Crippen LogP contribution in [0.3, 0.4) is 0 Å². The highest BCUT2D eigenvalue weighted by atomic mass is 19.1. The standard InChI is InChI=1S/C23H35F/c1-2-6-18-9-13-21(14-10-18)23(20-7-4-3-5-8-20)17-19-11-15-22(24)16-12-19/h11-12,15-16,18,20-21,23H,2-10,13-14,17H2,1H3. The minimum absolute atomic E-state index is 0.104. The maximum atomic E-state index is 13.2. The Balaban J connectivity index is 1.66. The molecule has 2 saturated carbocycles. The van der Waals surface area contributed by atoms with Gasteiger partial charge >= 0.3 is 0 Å². The summed E-state index contributed by atoms with van der Waals surface area (Å²) in [4.78, 5) is 0. The Hall–Kier alpha value is -0.850. The second kappa shape index (κ2) is 9.02. The number of hydrogen-bond donors (Lipinski definition) is 0. The van der Waals surface area contributed by atoms with E-state index in [-0.39, 0.29) is 5.82 Å². The van der Waals surface area contributed by atoms with Gasteiger partial charge in [0.15, 0.2) is 0 Å². The second-order valence-electron chi connectivity index (χ2n) is 8.46. The molecule has 1 atom stereocenters. The molecule has 2 aliphatic rings. The third kappa shape index (κ3) is 4.83. The van der Waals surface area contributed by atoms with E-state index in [0.29, 0.717) is 0 Å². The second-order valence-corrected chi connectivity index (χ2v) is 8.46. The fraction of sp³-hybridized carbons (Fsp3) is 0.739. The van der Waals surface area contributed by atoms with Crippen molar-refractivity contribution in [3.63, 3.8) is 0 Å². The van der Waals surface area contributed by atoms with Crippen LogP contribution < -0.4 is 0 Å². The molecule has 0 saturated heterocycles. The van der Waals surface area contributed by atoms with Crippen molar-refractivity contribution in [3.05, 3.63) is 35.6 Å². The summed E-state index contributed by atoms with van der Waals surface area (Å²) in [6, 6.07) is 7.33. The minimum Gasteiger partial charge on any atom is -0.207 e. The van der Waals surface area contributed by atoms with Crippen LogP contribution in [0.15, 0.2) is 24.3 Å². The number of rotatable bonds is 6. The number of benzene rings is 1. The third-order valence-corrected chi connectivity index (χ3v) is 6.83. The van der Waals surface area contributed by atoms with Crippen molar-refractivity contribution < 1.29 is 4.39 Å². The lowest BCUT2D eigenvalue weighted by molar-refractivity contribution is 0.123. The first-order valence-corrected chi connectivity index (χ1v) is 10.5. The molecule has 1 aromatic carbocycles. The van der Waals surface area contributed by atoms with E-state index in [2.05, 4.69) is 6.92 Å². The Morgan fingerprint density at radius 1 is 0.875 bits per heavy atom. The highest BCUT2D eigenvalue weighted by molar-refractivity contribution is 5.17. The first kappa shape index (κ1) is 18.0. The maximum Gasteiger partial charge on any atom is 0.123 e. The van der Waals surface area contributed by atoms with E-state index in [1.165, 1.54) is 82.6 Å². The number of halogens is 1. The Labute approximate surface area is 148 Å². The third-order valence-electron chi connectivity index (χ3n) is 6.83. The van der Waals surface area contributed by atoms with Crippen molar-refractivity contribution in [3.8, 4) is 0 Å². The van der Waals surface area contributed by atoms with E-state index in [1.54, 1.807) is 12.1 Å². The van der Waals surface area contributed by atoms with Crippen LogP contribution >= 0.6 is 0 Å². The van der Waals surface area contributed by atoms with Crippen LogP contribution in [0.1, 0.15) is 83.1 Å². The van der Waals surface area contributed by atoms with Gasteiger partial charge in [0.1, 0.15) is 5.82 Å². The van der Waals surface area contributed by atoms with Gasteiger partial charge in [-0.3, -0.25) is 0 Å². The van der Waals surface area contributed by atoms with E-state index < -0.39 is 0 Å². The minimum atomic E-state index is -0.104. The fourth-order valence-electron chi connectivity index (χ4n) is 5.49. The number of hydrogen-bond acceptors (Lipinski definition) is 0. The van der Waals surface area contributed by atoms with Gasteiger partial charge in [0.2, 0.25) is 0 Å². The van der Waals surface area contributed by atoms with E-state index >= 15 is 0 Å². The average Bonchev–Trinajstić information content (AvgIpc) is 2.63. The zero-order valence-electron chi connectivity index (χ0n) is 15.5. The van der Waals surface area contributed by atoms with Gasteiger partial charge < -0.3 is 0 Å². The molecule has 0 bridgehead atoms. The molecule has 1 unspecified atom stereocenters. The van der Waals surface area contributed by atoms with Gasteiger partial charge in [0.25, 0.3) is 0 Å². The van der Waals surface area contributed by atoms with E-state index in [0.717, 1.165) is 23.7 Å². The van der Waals surface area contributed by atoms with Gasteiger partial charge in [-0.05, 0) is 60.6 Å². The summed E-state index contributed by atoms with van der Waals surface area (Å²) in [5.74, 6) is 3.54. The van der Waals surface area contributed by atoms with Gasteiger partial charge in [-0.25, -0.2) is 4.39 Å². The average molecular weight is 331 g/mol. The molecule has 0 heterocycles. The molecule has 1 heteroatoms. The predicted octanol–water partition coefficient (Wildman–Crippen LogP) is 7.17. The van der Waals surface area contributed by atoms with E-state index in [1.807, 2.05) is 12.1 Å². The molecule has 134 valence electrons. The van der Waals surface area contributed by atoms with Gasteiger partial charge in [0, 0.05) is 0 Å². The Morgan fingerprint density at radius 2 is 1.50 bits per heavy atom. The quantitative estimate of drug-likeness (QED) is 0.518. The van der Waals surface area contributed by atoms with Crippen LogP contribution in [0.2, 0.25) is 0 Å². The topological polar surface area (TPSA) is 0 Å². The van der Waals surface area contributed by atoms with Gasteiger partial charge in [-0.2, -0.15) is 0 Å². The van der Waals surface area contributed by atoms with Crippen molar-refractivity contribution in [2.75, 3.05) is 0 Å². The summed E-state index contributed by atoms with van der Waals surface area (Å²) in [6.45, 7) is 2.32. The fourth-order valence-corrected chi connectivity index (χ4v) is 5.49. The molecule has 0 aliphatic heterocycles. The van der Waals surface area contributed by atoms with Crippen LogP contribution in [0.5, 0.6) is 0 Å². The van der Waals surface area contributed by atoms with E-state index in [4.69, 9.17) is 0 Å². The van der Waals surface area contributed by atoms with Crippen LogP contribution in [0.4, 0.5) is 4.39 Å². The SMILES string of the molecule is CCCC1CCC(C(Cc2ccc(F)cc2)C2CCCCC2)CC1. The van der Waals surface area contributed by atoms with Crippen LogP contribution in [0, 0.1) is 29.5 Å². The largest absolute Gasteiger partial charge is 0.207 e. The highest BCUT2D eigenvalue weighted by Gasteiger charge is 2.33. The van der Waals surface area contributed by atoms with Crippen molar-refractivity contribution in [2.24, 2.45) is 23.7 Å². The molecule has 1 aromatic rings. The first-order valence-electron chi connectivity index (χ1n) is 10.5. The predicted molar refractivity (Wildman–Crippen MR) is 101 cm³/mol. The summed E-state index contributed by atoms with van der Waals surface area (Å²) < 4.78 is 13.2. The molecule has 24 heavy (non-hydrogen) atoms. The molecular weight excluding hydrogens is 295 g/mol. The Kier molecular flexibility index (Phi) is 6.75. The van der Waals surface area contributed by atoms with Gasteiger partial charge in [0.05, 0.1) is 0 Å². The summed E-state index contributed by atoms with van der Waals surface area (Å²) in [7, 11) is 0. The molecule has 0 aromatic heterocycles. The molecule has 2 aliphatic carbocycles. The van der Waals surface area contributed by atoms with Crippen molar-refractivity contribution in [2.45, 2.75) is 84.0 Å². The monoisotopic (exact) mass is 330 g/mol. The van der Waals surface area contributed by atoms with Crippen LogP contribution in [0.25, 0.3) is 0 Å². The molecule has 0 spiro atoms. The molecule has 0 radical (unpaired) electrons. The summed E-state index contributed by atoms with van der Waals surface area (Å²) in [6.07, 6.45) is 16.9. The van der Waals surface area contributed by atoms with Crippen molar-refractivity contribution >= 4 is 0 Å². The highest BCUT2D eigenvalue weighted by Crippen LogP contribution is 2.43. The van der Waals surface area contributed by atoms with Crippen LogP contribution in [-0.2, 0) is 6.42 Å². The molecule has 3 rings (SSSR count). The zero-order valence-corrected chi connectivity index (χ0v) is 15.5. The normalized spacial score (nSPS) is 27.1. The van der Waals surface area contributed by atoms with Crippen LogP contribution in [-0.4, -0.2) is 0 Å². The molecule has 2 fully saturated rings. The smallest absolute Gasteiger partial charge is 0.123 e. The summed E-state index contributed by atoms with van der Waals surface area (Å²) in [5, 5.41) is 0. The van der Waals surface area contributed by atoms with Crippen molar-refractivity contribution in [1.82, 2.24) is 0 Å². The van der Waals surface area contributed by atoms with Gasteiger partial charge in [-0.15, -0.1) is 0 Å². The summed E-state index contributed by atoms with van der Waals surface area (Å²) in [5.41, 5.74) is 1.35. The first-order chi connectivity index (χ1) is 11.8. The summed E-state index contributed by atoms with van der Waals surface area (Å²) >= 11 is 0. The molecule has 0 N–H and O–H groups in total. The zero-order chi connectivity index (χ0) is 16.8. The molecular formula is C23H35F. The maximum absolute atomic E-state index is 13.2. The Morgan fingerprint density at radius 3 is 2.12 bits per heavy atom. The lowest BCUT2D eigenvalue weighted by Crippen LogP contribution is -2.30. The Bertz CT molecular complexity index is 463. The van der Waals surface area contributed by atoms with Gasteiger partial charge in [-0.1, -0.05) is 76.8 Å². The lowest BCUT2D eigenvalue weighted by Gasteiger charge is -2.40. The van der Waals surface area contributed by atoms with E-state index in [9.17, 15) is 4.39 Å². The lowest BCUT2D eigenvalue weighted by atomic mass is 9.66. The molecule has 0 amide bonds. The molecule has 0 nitrogen and oxygen atoms in total. The van der Waals surface area contributed by atoms with Crippen molar-refractivity contribution in [1.29, 1.82) is 0 Å².